The standard InChI is InChI=1S/C17H17N3O2S/c1-3-13-6-5-7-14(12-13)19-16(21)17(22)20(4-2)10-8-15-18-9-11-23-15/h1,5-7,9,11-12H,4,8,10H2,2H3,(H,19,21). The maximum atomic E-state index is 12.2. The second-order valence-electron chi connectivity index (χ2n) is 4.74. The van der Waals surface area contributed by atoms with Gasteiger partial charge in [-0.2, -0.15) is 0 Å². The van der Waals surface area contributed by atoms with Gasteiger partial charge in [0.15, 0.2) is 0 Å². The third-order valence-electron chi connectivity index (χ3n) is 3.23. The van der Waals surface area contributed by atoms with Crippen molar-refractivity contribution in [2.45, 2.75) is 13.3 Å². The van der Waals surface area contributed by atoms with Crippen LogP contribution in [-0.4, -0.2) is 34.8 Å². The molecule has 0 saturated carbocycles. The van der Waals surface area contributed by atoms with Crippen LogP contribution in [0.3, 0.4) is 0 Å². The van der Waals surface area contributed by atoms with Crippen molar-refractivity contribution >= 4 is 28.8 Å². The predicted octanol–water partition coefficient (Wildman–Crippen LogP) is 2.15. The molecule has 2 amide bonds. The molecule has 5 nitrogen and oxygen atoms in total. The minimum Gasteiger partial charge on any atom is -0.334 e. The van der Waals surface area contributed by atoms with Gasteiger partial charge in [-0.3, -0.25) is 9.59 Å². The highest BCUT2D eigenvalue weighted by molar-refractivity contribution is 7.09. The highest BCUT2D eigenvalue weighted by Gasteiger charge is 2.20. The van der Waals surface area contributed by atoms with Crippen molar-refractivity contribution in [3.63, 3.8) is 0 Å². The van der Waals surface area contributed by atoms with Crippen LogP contribution in [-0.2, 0) is 16.0 Å². The van der Waals surface area contributed by atoms with Crippen LogP contribution in [0.15, 0.2) is 35.8 Å². The number of carbonyl (C=O) groups is 2. The second-order valence-corrected chi connectivity index (χ2v) is 5.72. The largest absolute Gasteiger partial charge is 0.334 e. The van der Waals surface area contributed by atoms with Crippen molar-refractivity contribution in [1.82, 2.24) is 9.88 Å². The van der Waals surface area contributed by atoms with Crippen LogP contribution in [0, 0.1) is 12.3 Å². The molecule has 0 bridgehead atoms. The third kappa shape index (κ3) is 4.66. The minimum absolute atomic E-state index is 0.459. The van der Waals surface area contributed by atoms with E-state index in [1.807, 2.05) is 12.3 Å². The van der Waals surface area contributed by atoms with E-state index >= 15 is 0 Å². The molecule has 0 saturated heterocycles. The summed E-state index contributed by atoms with van der Waals surface area (Å²) in [6.07, 6.45) is 7.68. The van der Waals surface area contributed by atoms with Crippen LogP contribution < -0.4 is 5.32 Å². The fourth-order valence-corrected chi connectivity index (χ4v) is 2.63. The number of likely N-dealkylation sites (N-methyl/N-ethyl adjacent to an activating group) is 1. The minimum atomic E-state index is -0.667. The first kappa shape index (κ1) is 16.7. The molecular weight excluding hydrogens is 310 g/mol. The van der Waals surface area contributed by atoms with Gasteiger partial charge in [0.25, 0.3) is 0 Å². The summed E-state index contributed by atoms with van der Waals surface area (Å²) in [5.74, 6) is 1.26. The molecular formula is C17H17N3O2S. The summed E-state index contributed by atoms with van der Waals surface area (Å²) >= 11 is 1.53. The first-order valence-electron chi connectivity index (χ1n) is 7.19. The number of thiazole rings is 1. The Balaban J connectivity index is 1.96. The monoisotopic (exact) mass is 327 g/mol. The van der Waals surface area contributed by atoms with Crippen LogP contribution in [0.2, 0.25) is 0 Å². The summed E-state index contributed by atoms with van der Waals surface area (Å²) in [6, 6.07) is 6.83. The second kappa shape index (κ2) is 8.11. The summed E-state index contributed by atoms with van der Waals surface area (Å²) in [7, 11) is 0. The Morgan fingerprint density at radius 2 is 2.26 bits per heavy atom. The van der Waals surface area contributed by atoms with Crippen LogP contribution in [0.5, 0.6) is 0 Å². The molecule has 0 atom stereocenters. The van der Waals surface area contributed by atoms with Crippen molar-refractivity contribution in [3.05, 3.63) is 46.4 Å². The van der Waals surface area contributed by atoms with Gasteiger partial charge in [0.2, 0.25) is 0 Å². The first-order chi connectivity index (χ1) is 11.1. The van der Waals surface area contributed by atoms with Crippen LogP contribution in [0.1, 0.15) is 17.5 Å². The molecule has 0 radical (unpaired) electrons. The molecule has 118 valence electrons. The SMILES string of the molecule is C#Cc1cccc(NC(=O)C(=O)N(CC)CCc2nccs2)c1. The lowest BCUT2D eigenvalue weighted by molar-refractivity contribution is -0.143. The zero-order chi connectivity index (χ0) is 16.7. The Morgan fingerprint density at radius 1 is 1.43 bits per heavy atom. The van der Waals surface area contributed by atoms with Crippen LogP contribution >= 0.6 is 11.3 Å². The molecule has 6 heteroatoms. The van der Waals surface area contributed by atoms with Crippen LogP contribution in [0.4, 0.5) is 5.69 Å². The molecule has 23 heavy (non-hydrogen) atoms. The van der Waals surface area contributed by atoms with Gasteiger partial charge in [0.1, 0.15) is 0 Å². The zero-order valence-corrected chi connectivity index (χ0v) is 13.6. The lowest BCUT2D eigenvalue weighted by Crippen LogP contribution is -2.40. The van der Waals surface area contributed by atoms with Crippen molar-refractivity contribution in [3.8, 4) is 12.3 Å². The number of carbonyl (C=O) groups excluding carboxylic acids is 2. The summed E-state index contributed by atoms with van der Waals surface area (Å²) in [4.78, 5) is 30.0. The first-order valence-corrected chi connectivity index (χ1v) is 8.07. The predicted molar refractivity (Wildman–Crippen MR) is 91.1 cm³/mol. The van der Waals surface area contributed by atoms with E-state index in [1.54, 1.807) is 30.5 Å². The summed E-state index contributed by atoms with van der Waals surface area (Å²) in [5.41, 5.74) is 1.15. The summed E-state index contributed by atoms with van der Waals surface area (Å²) in [5, 5.41) is 5.42. The Labute approximate surface area is 139 Å². The van der Waals surface area contributed by atoms with E-state index in [1.165, 1.54) is 16.2 Å². The van der Waals surface area contributed by atoms with Gasteiger partial charge >= 0.3 is 11.8 Å². The molecule has 1 N–H and O–H groups in total. The number of anilines is 1. The van der Waals surface area contributed by atoms with E-state index in [2.05, 4.69) is 16.2 Å². The Bertz CT molecular complexity index is 720. The van der Waals surface area contributed by atoms with E-state index in [0.29, 0.717) is 30.8 Å². The lowest BCUT2D eigenvalue weighted by atomic mass is 10.2. The molecule has 0 aliphatic carbocycles. The maximum absolute atomic E-state index is 12.2. The average Bonchev–Trinajstić information content (AvgIpc) is 3.08. The highest BCUT2D eigenvalue weighted by atomic mass is 32.1. The Kier molecular flexibility index (Phi) is 5.89. The molecule has 2 aromatic rings. The average molecular weight is 327 g/mol. The molecule has 2 rings (SSSR count). The third-order valence-corrected chi connectivity index (χ3v) is 4.07. The molecule has 0 aliphatic rings. The van der Waals surface area contributed by atoms with E-state index < -0.39 is 11.8 Å². The number of nitrogens with one attached hydrogen (secondary N) is 1. The fraction of sp³-hybridized carbons (Fsp3) is 0.235. The highest BCUT2D eigenvalue weighted by Crippen LogP contribution is 2.10. The van der Waals surface area contributed by atoms with E-state index in [0.717, 1.165) is 5.01 Å². The van der Waals surface area contributed by atoms with E-state index in [-0.39, 0.29) is 0 Å². The number of nitrogens with zero attached hydrogens (tertiary/aromatic N) is 2. The fourth-order valence-electron chi connectivity index (χ4n) is 2.03. The lowest BCUT2D eigenvalue weighted by Gasteiger charge is -2.19. The maximum Gasteiger partial charge on any atom is 0.313 e. The normalized spacial score (nSPS) is 9.91. The quantitative estimate of drug-likeness (QED) is 0.676. The van der Waals surface area contributed by atoms with Gasteiger partial charge in [-0.05, 0) is 25.1 Å². The number of benzene rings is 1. The Hall–Kier alpha value is -2.65. The molecule has 0 fully saturated rings. The molecule has 0 unspecified atom stereocenters. The van der Waals surface area contributed by atoms with Crippen molar-refractivity contribution < 1.29 is 9.59 Å². The summed E-state index contributed by atoms with van der Waals surface area (Å²) < 4.78 is 0. The van der Waals surface area contributed by atoms with Crippen molar-refractivity contribution in [2.75, 3.05) is 18.4 Å². The van der Waals surface area contributed by atoms with Gasteiger partial charge in [-0.25, -0.2) is 4.98 Å². The molecule has 1 heterocycles. The number of aromatic nitrogens is 1. The zero-order valence-electron chi connectivity index (χ0n) is 12.8. The number of amides is 2. The van der Waals surface area contributed by atoms with Gasteiger partial charge in [0, 0.05) is 42.3 Å². The molecule has 0 aliphatic heterocycles. The smallest absolute Gasteiger partial charge is 0.313 e. The topological polar surface area (TPSA) is 62.3 Å². The van der Waals surface area contributed by atoms with Crippen LogP contribution in [0.25, 0.3) is 0 Å². The van der Waals surface area contributed by atoms with Gasteiger partial charge < -0.3 is 10.2 Å². The molecule has 1 aromatic heterocycles. The molecule has 0 spiro atoms. The number of terminal acetylenes is 1. The van der Waals surface area contributed by atoms with Crippen molar-refractivity contribution in [1.29, 1.82) is 0 Å². The van der Waals surface area contributed by atoms with E-state index in [9.17, 15) is 9.59 Å². The van der Waals surface area contributed by atoms with E-state index in [4.69, 9.17) is 6.42 Å². The van der Waals surface area contributed by atoms with Gasteiger partial charge in [-0.15, -0.1) is 17.8 Å². The van der Waals surface area contributed by atoms with Gasteiger partial charge in [-0.1, -0.05) is 12.0 Å². The number of hydrogen-bond donors (Lipinski definition) is 1. The van der Waals surface area contributed by atoms with Gasteiger partial charge in [0.05, 0.1) is 5.01 Å². The van der Waals surface area contributed by atoms with Crippen molar-refractivity contribution in [2.24, 2.45) is 0 Å². The Morgan fingerprint density at radius 3 is 2.91 bits per heavy atom. The number of hydrogen-bond acceptors (Lipinski definition) is 4. The number of rotatable bonds is 5. The summed E-state index contributed by atoms with van der Waals surface area (Å²) in [6.45, 7) is 2.76. The molecule has 1 aromatic carbocycles.